The average molecular weight is 193 g/mol. The van der Waals surface area contributed by atoms with Crippen LogP contribution in [0.3, 0.4) is 0 Å². The predicted octanol–water partition coefficient (Wildman–Crippen LogP) is 0.990. The van der Waals surface area contributed by atoms with Crippen LogP contribution >= 0.6 is 0 Å². The van der Waals surface area contributed by atoms with Gasteiger partial charge in [0.2, 0.25) is 0 Å². The van der Waals surface area contributed by atoms with Gasteiger partial charge in [0.1, 0.15) is 5.75 Å². The molecule has 0 unspecified atom stereocenters. The highest BCUT2D eigenvalue weighted by Crippen LogP contribution is 2.32. The van der Waals surface area contributed by atoms with E-state index in [9.17, 15) is 4.79 Å². The Bertz CT molecular complexity index is 387. The van der Waals surface area contributed by atoms with Gasteiger partial charge in [-0.3, -0.25) is 0 Å². The molecule has 2 N–H and O–H groups in total. The lowest BCUT2D eigenvalue weighted by atomic mass is 10.1. The molecule has 0 amide bonds. The summed E-state index contributed by atoms with van der Waals surface area (Å²) in [4.78, 5) is 11.2. The van der Waals surface area contributed by atoms with E-state index < -0.39 is 0 Å². The van der Waals surface area contributed by atoms with Gasteiger partial charge in [0, 0.05) is 12.0 Å². The van der Waals surface area contributed by atoms with Crippen molar-refractivity contribution in [2.45, 2.75) is 6.42 Å². The van der Waals surface area contributed by atoms with E-state index in [-0.39, 0.29) is 5.97 Å². The number of anilines is 1. The first-order valence-corrected chi connectivity index (χ1v) is 4.36. The minimum atomic E-state index is -0.369. The van der Waals surface area contributed by atoms with Gasteiger partial charge >= 0.3 is 5.97 Å². The van der Waals surface area contributed by atoms with Crippen molar-refractivity contribution in [3.8, 4) is 5.75 Å². The van der Waals surface area contributed by atoms with Gasteiger partial charge in [-0.05, 0) is 12.1 Å². The summed E-state index contributed by atoms with van der Waals surface area (Å²) in [5.41, 5.74) is 7.69. The first-order valence-electron chi connectivity index (χ1n) is 4.36. The minimum absolute atomic E-state index is 0.369. The zero-order chi connectivity index (χ0) is 10.1. The van der Waals surface area contributed by atoms with Crippen LogP contribution in [-0.4, -0.2) is 19.7 Å². The normalized spacial score (nSPS) is 13.2. The second-order valence-electron chi connectivity index (χ2n) is 3.14. The first kappa shape index (κ1) is 8.87. The molecule has 0 radical (unpaired) electrons. The highest BCUT2D eigenvalue weighted by atomic mass is 16.5. The molecule has 1 aliphatic rings. The van der Waals surface area contributed by atoms with Gasteiger partial charge in [0.05, 0.1) is 25.0 Å². The Balaban J connectivity index is 2.46. The summed E-state index contributed by atoms with van der Waals surface area (Å²) in [6.45, 7) is 0.629. The molecule has 0 bridgehead atoms. The van der Waals surface area contributed by atoms with E-state index in [0.717, 1.165) is 12.0 Å². The molecule has 0 saturated heterocycles. The van der Waals surface area contributed by atoms with Crippen LogP contribution in [0.15, 0.2) is 12.1 Å². The molecule has 0 aromatic heterocycles. The lowest BCUT2D eigenvalue weighted by Crippen LogP contribution is -2.03. The van der Waals surface area contributed by atoms with Crippen LogP contribution in [0, 0.1) is 0 Å². The standard InChI is InChI=1S/C10H11NO3/c1-13-10(12)7-4-6-2-3-14-9(6)8(11)5-7/h4-5H,2-3,11H2,1H3. The molecule has 0 saturated carbocycles. The van der Waals surface area contributed by atoms with E-state index in [2.05, 4.69) is 4.74 Å². The lowest BCUT2D eigenvalue weighted by molar-refractivity contribution is 0.0600. The number of nitrogen functional groups attached to an aromatic ring is 1. The summed E-state index contributed by atoms with van der Waals surface area (Å²) in [5.74, 6) is 0.337. The number of carbonyl (C=O) groups is 1. The highest BCUT2D eigenvalue weighted by molar-refractivity contribution is 5.91. The van der Waals surface area contributed by atoms with Crippen LogP contribution in [0.1, 0.15) is 15.9 Å². The predicted molar refractivity (Wildman–Crippen MR) is 51.4 cm³/mol. The maximum Gasteiger partial charge on any atom is 0.337 e. The summed E-state index contributed by atoms with van der Waals surface area (Å²) < 4.78 is 9.94. The van der Waals surface area contributed by atoms with Crippen LogP contribution in [-0.2, 0) is 11.2 Å². The number of fused-ring (bicyclic) bond motifs is 1. The van der Waals surface area contributed by atoms with E-state index in [1.54, 1.807) is 12.1 Å². The molecule has 74 valence electrons. The molecule has 4 heteroatoms. The molecule has 1 aliphatic heterocycles. The SMILES string of the molecule is COC(=O)c1cc(N)c2c(c1)CCO2. The summed E-state index contributed by atoms with van der Waals surface area (Å²) in [7, 11) is 1.35. The average Bonchev–Trinajstić information content (AvgIpc) is 2.64. The van der Waals surface area contributed by atoms with Gasteiger partial charge in [-0.15, -0.1) is 0 Å². The number of benzene rings is 1. The third-order valence-corrected chi connectivity index (χ3v) is 2.23. The third-order valence-electron chi connectivity index (χ3n) is 2.23. The number of nitrogens with two attached hydrogens (primary N) is 1. The molecular weight excluding hydrogens is 182 g/mol. The monoisotopic (exact) mass is 193 g/mol. The van der Waals surface area contributed by atoms with Crippen molar-refractivity contribution in [2.24, 2.45) is 0 Å². The molecule has 0 spiro atoms. The van der Waals surface area contributed by atoms with Crippen molar-refractivity contribution in [3.63, 3.8) is 0 Å². The number of esters is 1. The van der Waals surface area contributed by atoms with Crippen molar-refractivity contribution in [1.29, 1.82) is 0 Å². The number of hydrogen-bond donors (Lipinski definition) is 1. The largest absolute Gasteiger partial charge is 0.491 e. The zero-order valence-electron chi connectivity index (χ0n) is 7.87. The van der Waals surface area contributed by atoms with Crippen molar-refractivity contribution in [1.82, 2.24) is 0 Å². The molecule has 14 heavy (non-hydrogen) atoms. The summed E-state index contributed by atoms with van der Waals surface area (Å²) >= 11 is 0. The Morgan fingerprint density at radius 1 is 1.57 bits per heavy atom. The second-order valence-corrected chi connectivity index (χ2v) is 3.14. The van der Waals surface area contributed by atoms with Crippen molar-refractivity contribution >= 4 is 11.7 Å². The maximum absolute atomic E-state index is 11.2. The molecule has 0 atom stereocenters. The Morgan fingerprint density at radius 2 is 2.36 bits per heavy atom. The van der Waals surface area contributed by atoms with E-state index in [4.69, 9.17) is 10.5 Å². The fraction of sp³-hybridized carbons (Fsp3) is 0.300. The highest BCUT2D eigenvalue weighted by Gasteiger charge is 2.18. The van der Waals surface area contributed by atoms with E-state index in [1.165, 1.54) is 7.11 Å². The number of rotatable bonds is 1. The Labute approximate surface area is 81.6 Å². The van der Waals surface area contributed by atoms with E-state index in [0.29, 0.717) is 23.6 Å². The number of ether oxygens (including phenoxy) is 2. The quantitative estimate of drug-likeness (QED) is 0.533. The maximum atomic E-state index is 11.2. The van der Waals surface area contributed by atoms with Crippen LogP contribution in [0.5, 0.6) is 5.75 Å². The van der Waals surface area contributed by atoms with Gasteiger partial charge in [-0.25, -0.2) is 4.79 Å². The summed E-state index contributed by atoms with van der Waals surface area (Å²) in [6.07, 6.45) is 0.796. The Morgan fingerprint density at radius 3 is 3.07 bits per heavy atom. The first-order chi connectivity index (χ1) is 6.72. The van der Waals surface area contributed by atoms with Crippen molar-refractivity contribution in [2.75, 3.05) is 19.5 Å². The van der Waals surface area contributed by atoms with Crippen molar-refractivity contribution < 1.29 is 14.3 Å². The second kappa shape index (κ2) is 3.21. The fourth-order valence-corrected chi connectivity index (χ4v) is 1.57. The number of methoxy groups -OCH3 is 1. The number of carbonyl (C=O) groups excluding carboxylic acids is 1. The zero-order valence-corrected chi connectivity index (χ0v) is 7.87. The van der Waals surface area contributed by atoms with Gasteiger partial charge < -0.3 is 15.2 Å². The molecule has 1 aromatic carbocycles. The molecule has 0 fully saturated rings. The Kier molecular flexibility index (Phi) is 2.04. The van der Waals surface area contributed by atoms with Crippen LogP contribution < -0.4 is 10.5 Å². The van der Waals surface area contributed by atoms with Crippen LogP contribution in [0.2, 0.25) is 0 Å². The molecule has 1 aromatic rings. The molecule has 2 rings (SSSR count). The summed E-state index contributed by atoms with van der Waals surface area (Å²) in [6, 6.07) is 3.35. The molecular formula is C10H11NO3. The van der Waals surface area contributed by atoms with Gasteiger partial charge in [-0.1, -0.05) is 0 Å². The molecule has 4 nitrogen and oxygen atoms in total. The third kappa shape index (κ3) is 1.28. The van der Waals surface area contributed by atoms with Crippen molar-refractivity contribution in [3.05, 3.63) is 23.3 Å². The smallest absolute Gasteiger partial charge is 0.337 e. The van der Waals surface area contributed by atoms with Gasteiger partial charge in [0.15, 0.2) is 0 Å². The van der Waals surface area contributed by atoms with E-state index in [1.807, 2.05) is 0 Å². The minimum Gasteiger partial charge on any atom is -0.491 e. The van der Waals surface area contributed by atoms with E-state index >= 15 is 0 Å². The topological polar surface area (TPSA) is 61.5 Å². The van der Waals surface area contributed by atoms with Gasteiger partial charge in [0.25, 0.3) is 0 Å². The Hall–Kier alpha value is -1.71. The molecule has 0 aliphatic carbocycles. The fourth-order valence-electron chi connectivity index (χ4n) is 1.57. The summed E-state index contributed by atoms with van der Waals surface area (Å²) in [5, 5.41) is 0. The van der Waals surface area contributed by atoms with Gasteiger partial charge in [-0.2, -0.15) is 0 Å². The molecule has 1 heterocycles. The van der Waals surface area contributed by atoms with Crippen LogP contribution in [0.25, 0.3) is 0 Å². The number of hydrogen-bond acceptors (Lipinski definition) is 4. The lowest BCUT2D eigenvalue weighted by Gasteiger charge is -2.05. The van der Waals surface area contributed by atoms with Crippen LogP contribution in [0.4, 0.5) is 5.69 Å².